The maximum atomic E-state index is 12.8. The van der Waals surface area contributed by atoms with Gasteiger partial charge in [0, 0.05) is 43.6 Å². The molecular formula is C23H24N2O3. The Balaban J connectivity index is 1.48. The van der Waals surface area contributed by atoms with Crippen LogP contribution in [0.25, 0.3) is 11.1 Å². The molecule has 1 heterocycles. The smallest absolute Gasteiger partial charge is 0.253 e. The fourth-order valence-corrected chi connectivity index (χ4v) is 4.19. The van der Waals surface area contributed by atoms with E-state index in [1.165, 1.54) is 6.92 Å². The molecule has 1 N–H and O–H groups in total. The van der Waals surface area contributed by atoms with Crippen molar-refractivity contribution in [3.05, 3.63) is 59.2 Å². The Morgan fingerprint density at radius 2 is 1.79 bits per heavy atom. The van der Waals surface area contributed by atoms with Gasteiger partial charge in [0.05, 0.1) is 0 Å². The van der Waals surface area contributed by atoms with Gasteiger partial charge in [-0.25, -0.2) is 0 Å². The summed E-state index contributed by atoms with van der Waals surface area (Å²) in [5, 5.41) is 2.92. The number of Topliss-reactive ketones (excluding diaryl/α,β-unsaturated/α-hetero) is 1. The fourth-order valence-electron chi connectivity index (χ4n) is 4.19. The van der Waals surface area contributed by atoms with E-state index in [-0.39, 0.29) is 23.6 Å². The molecular weight excluding hydrogens is 352 g/mol. The van der Waals surface area contributed by atoms with Gasteiger partial charge in [0.25, 0.3) is 5.91 Å². The molecule has 0 bridgehead atoms. The number of nitrogens with one attached hydrogen (secondary N) is 1. The molecule has 2 aromatic rings. The van der Waals surface area contributed by atoms with Gasteiger partial charge in [-0.1, -0.05) is 30.3 Å². The molecule has 1 aliphatic heterocycles. The molecule has 0 spiro atoms. The average molecular weight is 376 g/mol. The van der Waals surface area contributed by atoms with Gasteiger partial charge in [-0.15, -0.1) is 0 Å². The van der Waals surface area contributed by atoms with Crippen molar-refractivity contribution in [2.75, 3.05) is 13.1 Å². The van der Waals surface area contributed by atoms with Gasteiger partial charge in [0.2, 0.25) is 5.91 Å². The zero-order chi connectivity index (χ0) is 19.7. The number of hydrogen-bond donors (Lipinski definition) is 1. The van der Waals surface area contributed by atoms with Crippen LogP contribution in [0.1, 0.15) is 52.5 Å². The first-order chi connectivity index (χ1) is 13.5. The average Bonchev–Trinajstić information content (AvgIpc) is 3.07. The van der Waals surface area contributed by atoms with Crippen LogP contribution >= 0.6 is 0 Å². The molecule has 2 aromatic carbocycles. The lowest BCUT2D eigenvalue weighted by Gasteiger charge is -2.33. The van der Waals surface area contributed by atoms with Crippen molar-refractivity contribution in [2.24, 2.45) is 0 Å². The van der Waals surface area contributed by atoms with E-state index in [0.717, 1.165) is 48.1 Å². The molecule has 0 saturated carbocycles. The number of carbonyl (C=O) groups is 3. The van der Waals surface area contributed by atoms with Crippen LogP contribution in [0, 0.1) is 0 Å². The van der Waals surface area contributed by atoms with E-state index in [2.05, 4.69) is 11.4 Å². The topological polar surface area (TPSA) is 66.5 Å². The summed E-state index contributed by atoms with van der Waals surface area (Å²) in [7, 11) is 0. The van der Waals surface area contributed by atoms with Crippen LogP contribution in [0.15, 0.2) is 42.5 Å². The van der Waals surface area contributed by atoms with Crippen LogP contribution in [0.3, 0.4) is 0 Å². The van der Waals surface area contributed by atoms with Crippen LogP contribution in [-0.2, 0) is 11.2 Å². The molecule has 0 radical (unpaired) electrons. The Morgan fingerprint density at radius 1 is 1.04 bits per heavy atom. The highest BCUT2D eigenvalue weighted by Gasteiger charge is 2.25. The van der Waals surface area contributed by atoms with Crippen molar-refractivity contribution in [2.45, 2.75) is 38.6 Å². The highest BCUT2D eigenvalue weighted by Crippen LogP contribution is 2.28. The summed E-state index contributed by atoms with van der Waals surface area (Å²) < 4.78 is 0. The van der Waals surface area contributed by atoms with Crippen molar-refractivity contribution in [1.29, 1.82) is 0 Å². The number of piperidine rings is 1. The van der Waals surface area contributed by atoms with Gasteiger partial charge in [-0.2, -0.15) is 0 Å². The van der Waals surface area contributed by atoms with Gasteiger partial charge in [-0.3, -0.25) is 14.4 Å². The number of likely N-dealkylation sites (tertiary alicyclic amines) is 1. The lowest BCUT2D eigenvalue weighted by Crippen LogP contribution is -2.49. The summed E-state index contributed by atoms with van der Waals surface area (Å²) >= 11 is 0. The highest BCUT2D eigenvalue weighted by atomic mass is 16.2. The van der Waals surface area contributed by atoms with Crippen molar-refractivity contribution < 1.29 is 14.4 Å². The summed E-state index contributed by atoms with van der Waals surface area (Å²) in [6.45, 7) is 2.78. The molecule has 5 heteroatoms. The minimum atomic E-state index is -0.0558. The van der Waals surface area contributed by atoms with Crippen LogP contribution in [-0.4, -0.2) is 41.6 Å². The number of carbonyl (C=O) groups excluding carboxylic acids is 3. The number of ketones is 1. The van der Waals surface area contributed by atoms with Crippen LogP contribution < -0.4 is 5.32 Å². The van der Waals surface area contributed by atoms with Crippen LogP contribution in [0.2, 0.25) is 0 Å². The first kappa shape index (κ1) is 18.4. The van der Waals surface area contributed by atoms with Crippen molar-refractivity contribution in [3.8, 4) is 11.1 Å². The number of amides is 2. The lowest BCUT2D eigenvalue weighted by atomic mass is 9.99. The number of aryl methyl sites for hydroxylation is 1. The first-order valence-corrected chi connectivity index (χ1v) is 9.84. The van der Waals surface area contributed by atoms with Gasteiger partial charge in [0.1, 0.15) is 0 Å². The molecule has 1 fully saturated rings. The third-order valence-electron chi connectivity index (χ3n) is 5.61. The largest absolute Gasteiger partial charge is 0.352 e. The molecule has 4 rings (SSSR count). The Labute approximate surface area is 164 Å². The van der Waals surface area contributed by atoms with Crippen LogP contribution in [0.5, 0.6) is 0 Å². The minimum Gasteiger partial charge on any atom is -0.352 e. The normalized spacial score (nSPS) is 18.7. The predicted octanol–water partition coefficient (Wildman–Crippen LogP) is 3.22. The number of rotatable bonds is 3. The molecule has 1 saturated heterocycles. The Bertz CT molecular complexity index is 933. The molecule has 5 nitrogen and oxygen atoms in total. The molecule has 144 valence electrons. The maximum absolute atomic E-state index is 12.8. The summed E-state index contributed by atoms with van der Waals surface area (Å²) in [6, 6.07) is 13.6. The Kier molecular flexibility index (Phi) is 4.99. The molecule has 28 heavy (non-hydrogen) atoms. The maximum Gasteiger partial charge on any atom is 0.253 e. The SMILES string of the molecule is CC(=O)NC1CCCN(C(=O)c2ccc(-c3ccc4c(c3)CCC4=O)cc2)C1. The third kappa shape index (κ3) is 3.70. The van der Waals surface area contributed by atoms with E-state index in [4.69, 9.17) is 0 Å². The summed E-state index contributed by atoms with van der Waals surface area (Å²) in [4.78, 5) is 37.7. The predicted molar refractivity (Wildman–Crippen MR) is 107 cm³/mol. The summed E-state index contributed by atoms with van der Waals surface area (Å²) in [5.41, 5.74) is 4.71. The standard InChI is InChI=1S/C23H24N2O3/c1-15(26)24-20-3-2-12-25(14-20)23(28)17-6-4-16(5-7-17)18-8-10-21-19(13-18)9-11-22(21)27/h4-8,10,13,20H,2-3,9,11-12,14H2,1H3,(H,24,26). The van der Waals surface area contributed by atoms with E-state index < -0.39 is 0 Å². The zero-order valence-electron chi connectivity index (χ0n) is 16.0. The molecule has 1 unspecified atom stereocenters. The second kappa shape index (κ2) is 7.58. The van der Waals surface area contributed by atoms with Crippen molar-refractivity contribution >= 4 is 17.6 Å². The Hall–Kier alpha value is -2.95. The van der Waals surface area contributed by atoms with Crippen LogP contribution in [0.4, 0.5) is 0 Å². The third-order valence-corrected chi connectivity index (χ3v) is 5.61. The van der Waals surface area contributed by atoms with Gasteiger partial charge >= 0.3 is 0 Å². The van der Waals surface area contributed by atoms with Gasteiger partial charge in [-0.05, 0) is 48.1 Å². The number of benzene rings is 2. The zero-order valence-corrected chi connectivity index (χ0v) is 16.0. The fraction of sp³-hybridized carbons (Fsp3) is 0.348. The first-order valence-electron chi connectivity index (χ1n) is 9.84. The second-order valence-corrected chi connectivity index (χ2v) is 7.66. The van der Waals surface area contributed by atoms with E-state index in [0.29, 0.717) is 18.5 Å². The van der Waals surface area contributed by atoms with E-state index in [1.807, 2.05) is 41.3 Å². The minimum absolute atomic E-state index is 0.00107. The van der Waals surface area contributed by atoms with Gasteiger partial charge in [0.15, 0.2) is 5.78 Å². The number of nitrogens with zero attached hydrogens (tertiary/aromatic N) is 1. The molecule has 1 aliphatic carbocycles. The highest BCUT2D eigenvalue weighted by molar-refractivity contribution is 6.01. The summed E-state index contributed by atoms with van der Waals surface area (Å²) in [6.07, 6.45) is 3.20. The van der Waals surface area contributed by atoms with E-state index in [1.54, 1.807) is 0 Å². The molecule has 1 atom stereocenters. The number of fused-ring (bicyclic) bond motifs is 1. The lowest BCUT2D eigenvalue weighted by molar-refractivity contribution is -0.120. The van der Waals surface area contributed by atoms with E-state index in [9.17, 15) is 14.4 Å². The molecule has 0 aromatic heterocycles. The quantitative estimate of drug-likeness (QED) is 0.894. The van der Waals surface area contributed by atoms with E-state index >= 15 is 0 Å². The van der Waals surface area contributed by atoms with Crippen molar-refractivity contribution in [3.63, 3.8) is 0 Å². The Morgan fingerprint density at radius 3 is 2.54 bits per heavy atom. The van der Waals surface area contributed by atoms with Crippen molar-refractivity contribution in [1.82, 2.24) is 10.2 Å². The molecule has 2 amide bonds. The monoisotopic (exact) mass is 376 g/mol. The van der Waals surface area contributed by atoms with Gasteiger partial charge < -0.3 is 10.2 Å². The number of hydrogen-bond acceptors (Lipinski definition) is 3. The molecule has 2 aliphatic rings. The second-order valence-electron chi connectivity index (χ2n) is 7.66. The summed E-state index contributed by atoms with van der Waals surface area (Å²) in [5.74, 6) is 0.169.